The zero-order chi connectivity index (χ0) is 13.9. The first kappa shape index (κ1) is 13.8. The molecular formula is C14H18BrN3O2. The Labute approximate surface area is 127 Å². The lowest BCUT2D eigenvalue weighted by atomic mass is 10.1. The van der Waals surface area contributed by atoms with Crippen molar-refractivity contribution in [1.29, 1.82) is 0 Å². The molecule has 20 heavy (non-hydrogen) atoms. The van der Waals surface area contributed by atoms with Crippen LogP contribution in [0.15, 0.2) is 22.8 Å². The van der Waals surface area contributed by atoms with Gasteiger partial charge in [0.05, 0.1) is 19.1 Å². The highest BCUT2D eigenvalue weighted by Crippen LogP contribution is 2.24. The van der Waals surface area contributed by atoms with E-state index in [1.54, 1.807) is 6.20 Å². The van der Waals surface area contributed by atoms with E-state index in [4.69, 9.17) is 4.74 Å². The van der Waals surface area contributed by atoms with Crippen molar-refractivity contribution in [1.82, 2.24) is 9.88 Å². The third-order valence-corrected chi connectivity index (χ3v) is 4.37. The molecule has 0 bridgehead atoms. The molecule has 1 atom stereocenters. The van der Waals surface area contributed by atoms with Gasteiger partial charge in [0.25, 0.3) is 0 Å². The van der Waals surface area contributed by atoms with Crippen LogP contribution in [0.1, 0.15) is 6.42 Å². The molecular weight excluding hydrogens is 322 g/mol. The number of carbonyl (C=O) groups is 1. The summed E-state index contributed by atoms with van der Waals surface area (Å²) in [6.45, 7) is 4.45. The van der Waals surface area contributed by atoms with E-state index in [9.17, 15) is 4.79 Å². The molecule has 108 valence electrons. The molecule has 1 unspecified atom stereocenters. The van der Waals surface area contributed by atoms with E-state index in [-0.39, 0.29) is 11.8 Å². The molecule has 3 rings (SSSR count). The lowest BCUT2D eigenvalue weighted by molar-refractivity contribution is -0.138. The summed E-state index contributed by atoms with van der Waals surface area (Å²) in [5.41, 5.74) is 0. The summed E-state index contributed by atoms with van der Waals surface area (Å²) in [4.78, 5) is 21.0. The minimum absolute atomic E-state index is 0.0959. The summed E-state index contributed by atoms with van der Waals surface area (Å²) in [6, 6.07) is 3.98. The van der Waals surface area contributed by atoms with Crippen molar-refractivity contribution < 1.29 is 9.53 Å². The van der Waals surface area contributed by atoms with Crippen molar-refractivity contribution in [2.75, 3.05) is 44.3 Å². The molecule has 0 N–H and O–H groups in total. The van der Waals surface area contributed by atoms with Crippen molar-refractivity contribution in [3.63, 3.8) is 0 Å². The van der Waals surface area contributed by atoms with Crippen LogP contribution < -0.4 is 4.90 Å². The van der Waals surface area contributed by atoms with Crippen LogP contribution in [0.5, 0.6) is 0 Å². The minimum atomic E-state index is 0.0959. The van der Waals surface area contributed by atoms with Crippen molar-refractivity contribution in [2.45, 2.75) is 6.42 Å². The molecule has 1 aromatic heterocycles. The SMILES string of the molecule is O=C(C1CCN(c2ccc(Br)cn2)C1)N1CCOCC1. The average Bonchev–Trinajstić information content (AvgIpc) is 2.98. The van der Waals surface area contributed by atoms with Gasteiger partial charge in [-0.25, -0.2) is 4.98 Å². The second-order valence-corrected chi connectivity index (χ2v) is 6.12. The third kappa shape index (κ3) is 2.96. The number of amides is 1. The van der Waals surface area contributed by atoms with Gasteiger partial charge in [0.2, 0.25) is 5.91 Å². The summed E-state index contributed by atoms with van der Waals surface area (Å²) >= 11 is 3.39. The van der Waals surface area contributed by atoms with Gasteiger partial charge in [-0.2, -0.15) is 0 Å². The summed E-state index contributed by atoms with van der Waals surface area (Å²) in [5.74, 6) is 1.32. The Morgan fingerprint density at radius 1 is 1.30 bits per heavy atom. The zero-order valence-electron chi connectivity index (χ0n) is 11.3. The van der Waals surface area contributed by atoms with Crippen LogP contribution in [0, 0.1) is 5.92 Å². The van der Waals surface area contributed by atoms with Gasteiger partial charge in [-0.3, -0.25) is 4.79 Å². The normalized spacial score (nSPS) is 23.1. The van der Waals surface area contributed by atoms with E-state index in [2.05, 4.69) is 25.8 Å². The Hall–Kier alpha value is -1.14. The molecule has 2 fully saturated rings. The summed E-state index contributed by atoms with van der Waals surface area (Å²) in [6.07, 6.45) is 2.71. The number of hydrogen-bond donors (Lipinski definition) is 0. The molecule has 0 saturated carbocycles. The molecule has 0 spiro atoms. The Morgan fingerprint density at radius 2 is 2.10 bits per heavy atom. The van der Waals surface area contributed by atoms with Gasteiger partial charge in [-0.15, -0.1) is 0 Å². The predicted octanol–water partition coefficient (Wildman–Crippen LogP) is 1.53. The van der Waals surface area contributed by atoms with Crippen LogP contribution in [-0.4, -0.2) is 55.2 Å². The van der Waals surface area contributed by atoms with Gasteiger partial charge in [0.15, 0.2) is 0 Å². The minimum Gasteiger partial charge on any atom is -0.378 e. The van der Waals surface area contributed by atoms with Gasteiger partial charge in [-0.1, -0.05) is 0 Å². The number of nitrogens with zero attached hydrogens (tertiary/aromatic N) is 3. The number of aromatic nitrogens is 1. The Morgan fingerprint density at radius 3 is 2.80 bits per heavy atom. The number of rotatable bonds is 2. The second-order valence-electron chi connectivity index (χ2n) is 5.20. The highest BCUT2D eigenvalue weighted by atomic mass is 79.9. The van der Waals surface area contributed by atoms with Crippen LogP contribution in [0.2, 0.25) is 0 Å². The Bertz CT molecular complexity index is 474. The van der Waals surface area contributed by atoms with Gasteiger partial charge in [0.1, 0.15) is 5.82 Å². The van der Waals surface area contributed by atoms with Gasteiger partial charge in [-0.05, 0) is 34.5 Å². The molecule has 2 aliphatic rings. The average molecular weight is 340 g/mol. The van der Waals surface area contributed by atoms with Crippen molar-refractivity contribution >= 4 is 27.7 Å². The second kappa shape index (κ2) is 6.10. The van der Waals surface area contributed by atoms with Gasteiger partial charge >= 0.3 is 0 Å². The first-order valence-electron chi connectivity index (χ1n) is 6.97. The maximum Gasteiger partial charge on any atom is 0.227 e. The maximum absolute atomic E-state index is 12.4. The lowest BCUT2D eigenvalue weighted by Gasteiger charge is -2.29. The van der Waals surface area contributed by atoms with Crippen LogP contribution in [-0.2, 0) is 9.53 Å². The van der Waals surface area contributed by atoms with E-state index in [0.717, 1.165) is 42.9 Å². The molecule has 2 aliphatic heterocycles. The smallest absolute Gasteiger partial charge is 0.227 e. The summed E-state index contributed by atoms with van der Waals surface area (Å²) < 4.78 is 6.27. The lowest BCUT2D eigenvalue weighted by Crippen LogP contribution is -2.44. The molecule has 5 nitrogen and oxygen atoms in total. The molecule has 0 radical (unpaired) electrons. The van der Waals surface area contributed by atoms with Crippen LogP contribution in [0.25, 0.3) is 0 Å². The largest absolute Gasteiger partial charge is 0.378 e. The fraction of sp³-hybridized carbons (Fsp3) is 0.571. The van der Waals surface area contributed by atoms with Crippen molar-refractivity contribution in [2.24, 2.45) is 5.92 Å². The zero-order valence-corrected chi connectivity index (χ0v) is 12.9. The van der Waals surface area contributed by atoms with Crippen molar-refractivity contribution in [3.8, 4) is 0 Å². The maximum atomic E-state index is 12.4. The standard InChI is InChI=1S/C14H18BrN3O2/c15-12-1-2-13(16-9-12)18-4-3-11(10-18)14(19)17-5-7-20-8-6-17/h1-2,9,11H,3-8,10H2. The summed E-state index contributed by atoms with van der Waals surface area (Å²) in [5, 5.41) is 0. The molecule has 0 aliphatic carbocycles. The first-order valence-corrected chi connectivity index (χ1v) is 7.76. The fourth-order valence-corrected chi connectivity index (χ4v) is 3.00. The highest BCUT2D eigenvalue weighted by molar-refractivity contribution is 9.10. The molecule has 2 saturated heterocycles. The predicted molar refractivity (Wildman–Crippen MR) is 79.7 cm³/mol. The third-order valence-electron chi connectivity index (χ3n) is 3.90. The number of ether oxygens (including phenoxy) is 1. The first-order chi connectivity index (χ1) is 9.74. The van der Waals surface area contributed by atoms with Crippen molar-refractivity contribution in [3.05, 3.63) is 22.8 Å². The number of halogens is 1. The van der Waals surface area contributed by atoms with E-state index < -0.39 is 0 Å². The highest BCUT2D eigenvalue weighted by Gasteiger charge is 2.32. The van der Waals surface area contributed by atoms with Crippen LogP contribution in [0.4, 0.5) is 5.82 Å². The molecule has 6 heteroatoms. The van der Waals surface area contributed by atoms with Gasteiger partial charge in [0, 0.05) is 36.8 Å². The molecule has 3 heterocycles. The number of hydrogen-bond acceptors (Lipinski definition) is 4. The fourth-order valence-electron chi connectivity index (χ4n) is 2.77. The van der Waals surface area contributed by atoms with Crippen LogP contribution >= 0.6 is 15.9 Å². The van der Waals surface area contributed by atoms with E-state index in [1.807, 2.05) is 17.0 Å². The quantitative estimate of drug-likeness (QED) is 0.819. The molecule has 1 aromatic rings. The number of pyridine rings is 1. The number of carbonyl (C=O) groups excluding carboxylic acids is 1. The number of anilines is 1. The van der Waals surface area contributed by atoms with E-state index in [1.165, 1.54) is 0 Å². The molecule has 1 amide bonds. The van der Waals surface area contributed by atoms with E-state index in [0.29, 0.717) is 13.2 Å². The van der Waals surface area contributed by atoms with E-state index >= 15 is 0 Å². The topological polar surface area (TPSA) is 45.7 Å². The van der Waals surface area contributed by atoms with Crippen LogP contribution in [0.3, 0.4) is 0 Å². The number of morpholine rings is 1. The Kier molecular flexibility index (Phi) is 4.21. The molecule has 0 aromatic carbocycles. The monoisotopic (exact) mass is 339 g/mol. The van der Waals surface area contributed by atoms with Gasteiger partial charge < -0.3 is 14.5 Å². The Balaban J connectivity index is 1.61. The summed E-state index contributed by atoms with van der Waals surface area (Å²) in [7, 11) is 0.